The van der Waals surface area contributed by atoms with Gasteiger partial charge in [-0.15, -0.1) is 0 Å². The van der Waals surface area contributed by atoms with Gasteiger partial charge < -0.3 is 5.32 Å². The van der Waals surface area contributed by atoms with Crippen LogP contribution in [0.25, 0.3) is 0 Å². The van der Waals surface area contributed by atoms with Gasteiger partial charge in [0.15, 0.2) is 0 Å². The molecule has 0 spiro atoms. The molecule has 16 heavy (non-hydrogen) atoms. The lowest BCUT2D eigenvalue weighted by atomic mass is 10.4. The number of rotatable bonds is 5. The van der Waals surface area contributed by atoms with Crippen LogP contribution in [0.15, 0.2) is 0 Å². The summed E-state index contributed by atoms with van der Waals surface area (Å²) in [5, 5.41) is 2.68. The number of carbonyl (C=O) groups excluding carboxylic acids is 1. The highest BCUT2D eigenvalue weighted by Crippen LogP contribution is 2.28. The number of nitrogens with zero attached hydrogens (tertiary/aromatic N) is 1. The van der Waals surface area contributed by atoms with Gasteiger partial charge >= 0.3 is 0 Å². The molecule has 2 rings (SSSR count). The Hall–Kier alpha value is -0.620. The van der Waals surface area contributed by atoms with Crippen LogP contribution in [0.3, 0.4) is 0 Å². The van der Waals surface area contributed by atoms with Crippen molar-refractivity contribution in [3.8, 4) is 0 Å². The van der Waals surface area contributed by atoms with E-state index in [1.807, 2.05) is 0 Å². The SMILES string of the molecule is O=C(NCCS(=O)(=O)N1CCCC1)C1CC1. The number of hydrogen-bond acceptors (Lipinski definition) is 3. The van der Waals surface area contributed by atoms with E-state index in [1.54, 1.807) is 0 Å². The molecule has 1 aliphatic heterocycles. The third-order valence-electron chi connectivity index (χ3n) is 3.07. The molecule has 2 aliphatic rings. The van der Waals surface area contributed by atoms with Crippen molar-refractivity contribution in [3.63, 3.8) is 0 Å². The van der Waals surface area contributed by atoms with Gasteiger partial charge in [0.05, 0.1) is 5.75 Å². The van der Waals surface area contributed by atoms with Gasteiger partial charge in [-0.25, -0.2) is 12.7 Å². The van der Waals surface area contributed by atoms with Crippen molar-refractivity contribution in [1.29, 1.82) is 0 Å². The van der Waals surface area contributed by atoms with Crippen LogP contribution in [0.2, 0.25) is 0 Å². The molecular formula is C10H18N2O3S. The molecule has 5 nitrogen and oxygen atoms in total. The monoisotopic (exact) mass is 246 g/mol. The maximum absolute atomic E-state index is 11.8. The minimum absolute atomic E-state index is 0.0108. The van der Waals surface area contributed by atoms with E-state index in [4.69, 9.17) is 0 Å². The Kier molecular flexibility index (Phi) is 3.49. The molecule has 0 radical (unpaired) electrons. The lowest BCUT2D eigenvalue weighted by Gasteiger charge is -2.15. The van der Waals surface area contributed by atoms with Gasteiger partial charge in [0.25, 0.3) is 0 Å². The molecule has 1 aliphatic carbocycles. The highest BCUT2D eigenvalue weighted by Gasteiger charge is 2.30. The van der Waals surface area contributed by atoms with Crippen LogP contribution < -0.4 is 5.32 Å². The van der Waals surface area contributed by atoms with Crippen molar-refractivity contribution < 1.29 is 13.2 Å². The lowest BCUT2D eigenvalue weighted by Crippen LogP contribution is -2.36. The molecule has 6 heteroatoms. The minimum Gasteiger partial charge on any atom is -0.355 e. The van der Waals surface area contributed by atoms with Gasteiger partial charge in [-0.1, -0.05) is 0 Å². The Labute approximate surface area is 96.2 Å². The first-order valence-electron chi connectivity index (χ1n) is 5.85. The average Bonchev–Trinajstić information content (AvgIpc) is 2.92. The quantitative estimate of drug-likeness (QED) is 0.739. The van der Waals surface area contributed by atoms with Crippen molar-refractivity contribution in [2.24, 2.45) is 5.92 Å². The molecule has 92 valence electrons. The van der Waals surface area contributed by atoms with E-state index < -0.39 is 10.0 Å². The Balaban J connectivity index is 1.73. The largest absolute Gasteiger partial charge is 0.355 e. The molecule has 1 saturated heterocycles. The Bertz CT molecular complexity index is 356. The molecule has 1 N–H and O–H groups in total. The Morgan fingerprint density at radius 1 is 1.25 bits per heavy atom. The van der Waals surface area contributed by atoms with Crippen molar-refractivity contribution >= 4 is 15.9 Å². The zero-order valence-corrected chi connectivity index (χ0v) is 10.1. The van der Waals surface area contributed by atoms with Gasteiger partial charge in [0, 0.05) is 25.6 Å². The van der Waals surface area contributed by atoms with E-state index in [9.17, 15) is 13.2 Å². The third kappa shape index (κ3) is 2.95. The van der Waals surface area contributed by atoms with E-state index >= 15 is 0 Å². The molecule has 2 fully saturated rings. The normalized spacial score (nSPS) is 22.2. The van der Waals surface area contributed by atoms with Gasteiger partial charge in [0.1, 0.15) is 0 Å². The molecule has 1 saturated carbocycles. The van der Waals surface area contributed by atoms with Crippen molar-refractivity contribution in [1.82, 2.24) is 9.62 Å². The first-order valence-corrected chi connectivity index (χ1v) is 7.46. The fraction of sp³-hybridized carbons (Fsp3) is 0.900. The minimum atomic E-state index is -3.14. The summed E-state index contributed by atoms with van der Waals surface area (Å²) in [6.07, 6.45) is 3.80. The topological polar surface area (TPSA) is 66.5 Å². The second kappa shape index (κ2) is 4.71. The second-order valence-corrected chi connectivity index (χ2v) is 6.58. The maximum atomic E-state index is 11.8. The second-order valence-electron chi connectivity index (χ2n) is 4.49. The summed E-state index contributed by atoms with van der Waals surface area (Å²) in [7, 11) is -3.14. The first kappa shape index (κ1) is 11.9. The maximum Gasteiger partial charge on any atom is 0.223 e. The van der Waals surface area contributed by atoms with E-state index in [2.05, 4.69) is 5.32 Å². The number of carbonyl (C=O) groups is 1. The van der Waals surface area contributed by atoms with Crippen molar-refractivity contribution in [2.45, 2.75) is 25.7 Å². The van der Waals surface area contributed by atoms with Gasteiger partial charge in [-0.3, -0.25) is 4.79 Å². The smallest absolute Gasteiger partial charge is 0.223 e. The fourth-order valence-electron chi connectivity index (χ4n) is 1.89. The first-order chi connectivity index (χ1) is 7.59. The van der Waals surface area contributed by atoms with Crippen molar-refractivity contribution in [3.05, 3.63) is 0 Å². The van der Waals surface area contributed by atoms with E-state index in [0.717, 1.165) is 25.7 Å². The van der Waals surface area contributed by atoms with Crippen LogP contribution in [0.1, 0.15) is 25.7 Å². The van der Waals surface area contributed by atoms with Gasteiger partial charge in [-0.05, 0) is 25.7 Å². The standard InChI is InChI=1S/C10H18N2O3S/c13-10(9-3-4-9)11-5-8-16(14,15)12-6-1-2-7-12/h9H,1-8H2,(H,11,13). The average molecular weight is 246 g/mol. The molecule has 0 atom stereocenters. The number of sulfonamides is 1. The third-order valence-corrected chi connectivity index (χ3v) is 4.94. The lowest BCUT2D eigenvalue weighted by molar-refractivity contribution is -0.122. The molecule has 0 bridgehead atoms. The van der Waals surface area contributed by atoms with Gasteiger partial charge in [0.2, 0.25) is 15.9 Å². The molecule has 0 unspecified atom stereocenters. The van der Waals surface area contributed by atoms with Crippen molar-refractivity contribution in [2.75, 3.05) is 25.4 Å². The molecule has 0 aromatic rings. The summed E-state index contributed by atoms with van der Waals surface area (Å²) < 4.78 is 25.1. The van der Waals surface area contributed by atoms with Crippen LogP contribution in [0.4, 0.5) is 0 Å². The summed E-state index contributed by atoms with van der Waals surface area (Å²) >= 11 is 0. The fourth-order valence-corrected chi connectivity index (χ4v) is 3.32. The van der Waals surface area contributed by atoms with Gasteiger partial charge in [-0.2, -0.15) is 0 Å². The molecule has 0 aromatic heterocycles. The summed E-state index contributed by atoms with van der Waals surface area (Å²) in [5.74, 6) is 0.192. The summed E-state index contributed by atoms with van der Waals surface area (Å²) in [4.78, 5) is 11.3. The number of amides is 1. The predicted molar refractivity (Wildman–Crippen MR) is 60.3 cm³/mol. The predicted octanol–water partition coefficient (Wildman–Crippen LogP) is -0.0618. The highest BCUT2D eigenvalue weighted by atomic mass is 32.2. The van der Waals surface area contributed by atoms with E-state index in [1.165, 1.54) is 4.31 Å². The Morgan fingerprint density at radius 2 is 1.88 bits per heavy atom. The highest BCUT2D eigenvalue weighted by molar-refractivity contribution is 7.89. The van der Waals surface area contributed by atoms with E-state index in [-0.39, 0.29) is 24.1 Å². The van der Waals surface area contributed by atoms with Crippen LogP contribution in [0, 0.1) is 5.92 Å². The summed E-state index contributed by atoms with van der Waals surface area (Å²) in [5.41, 5.74) is 0. The molecule has 0 aromatic carbocycles. The van der Waals surface area contributed by atoms with Crippen LogP contribution >= 0.6 is 0 Å². The molecule has 1 amide bonds. The van der Waals surface area contributed by atoms with Crippen LogP contribution in [-0.2, 0) is 14.8 Å². The zero-order chi connectivity index (χ0) is 11.6. The van der Waals surface area contributed by atoms with E-state index in [0.29, 0.717) is 13.1 Å². The molecule has 1 heterocycles. The number of hydrogen-bond donors (Lipinski definition) is 1. The number of nitrogens with one attached hydrogen (secondary N) is 1. The van der Waals surface area contributed by atoms with Crippen LogP contribution in [0.5, 0.6) is 0 Å². The summed E-state index contributed by atoms with van der Waals surface area (Å²) in [6, 6.07) is 0. The molecular weight excluding hydrogens is 228 g/mol. The summed E-state index contributed by atoms with van der Waals surface area (Å²) in [6.45, 7) is 1.52. The zero-order valence-electron chi connectivity index (χ0n) is 9.31. The van der Waals surface area contributed by atoms with Crippen LogP contribution in [-0.4, -0.2) is 44.0 Å². The Morgan fingerprint density at radius 3 is 2.44 bits per heavy atom.